The number of carboxylic acids is 1. The van der Waals surface area contributed by atoms with E-state index in [-0.39, 0.29) is 26.5 Å². The van der Waals surface area contributed by atoms with Crippen LogP contribution in [0, 0.1) is 6.92 Å². The van der Waals surface area contributed by atoms with E-state index in [2.05, 4.69) is 0 Å². The lowest BCUT2D eigenvalue weighted by Gasteiger charge is -2.09. The normalized spacial score (nSPS) is 11.8. The van der Waals surface area contributed by atoms with Gasteiger partial charge in [0.05, 0.1) is 16.0 Å². The highest BCUT2D eigenvalue weighted by Gasteiger charge is 2.20. The second-order valence-electron chi connectivity index (χ2n) is 6.06. The van der Waals surface area contributed by atoms with E-state index < -0.39 is 32.8 Å². The number of fused-ring (bicyclic) bond motifs is 1. The molecule has 8 nitrogen and oxygen atoms in total. The van der Waals surface area contributed by atoms with Crippen molar-refractivity contribution >= 4 is 37.4 Å². The molecule has 0 saturated carbocycles. The van der Waals surface area contributed by atoms with Gasteiger partial charge >= 0.3 is 11.7 Å². The van der Waals surface area contributed by atoms with E-state index in [4.69, 9.17) is 5.11 Å². The van der Waals surface area contributed by atoms with Crippen molar-refractivity contribution in [1.82, 2.24) is 9.13 Å². The Morgan fingerprint density at radius 1 is 1.19 bits per heavy atom. The molecular weight excluding hydrogens is 392 g/mol. The van der Waals surface area contributed by atoms with Gasteiger partial charge in [-0.25, -0.2) is 18.0 Å². The highest BCUT2D eigenvalue weighted by atomic mass is 32.2. The Balaban J connectivity index is 2.02. The molecule has 0 saturated heterocycles. The van der Waals surface area contributed by atoms with Gasteiger partial charge in [0, 0.05) is 13.6 Å². The van der Waals surface area contributed by atoms with Crippen molar-refractivity contribution < 1.29 is 18.3 Å². The lowest BCUT2D eigenvalue weighted by atomic mass is 10.2. The molecule has 1 N–H and O–H groups in total. The number of carbonyl (C=O) groups is 1. The van der Waals surface area contributed by atoms with Gasteiger partial charge in [-0.3, -0.25) is 13.9 Å². The Kier molecular flexibility index (Phi) is 4.79. The molecule has 2 aromatic heterocycles. The molecular formula is C17H16N2O6S2. The van der Waals surface area contributed by atoms with E-state index in [9.17, 15) is 22.8 Å². The van der Waals surface area contributed by atoms with E-state index >= 15 is 0 Å². The molecule has 2 heterocycles. The van der Waals surface area contributed by atoms with Gasteiger partial charge in [-0.05, 0) is 25.1 Å². The van der Waals surface area contributed by atoms with Crippen LogP contribution >= 0.6 is 11.3 Å². The summed E-state index contributed by atoms with van der Waals surface area (Å²) in [4.78, 5) is 36.5. The van der Waals surface area contributed by atoms with Gasteiger partial charge in [0.2, 0.25) is 0 Å². The van der Waals surface area contributed by atoms with Crippen LogP contribution in [0.3, 0.4) is 0 Å². The van der Waals surface area contributed by atoms with E-state index in [1.54, 1.807) is 12.1 Å². The molecule has 0 aliphatic heterocycles. The fraction of sp³-hybridized carbons (Fsp3) is 0.235. The Bertz CT molecular complexity index is 1260. The van der Waals surface area contributed by atoms with Crippen LogP contribution in [-0.2, 0) is 23.4 Å². The quantitative estimate of drug-likeness (QED) is 0.679. The number of carboxylic acid groups (broad SMARTS) is 1. The van der Waals surface area contributed by atoms with Crippen molar-refractivity contribution in [3.63, 3.8) is 0 Å². The number of benzene rings is 1. The van der Waals surface area contributed by atoms with Crippen molar-refractivity contribution in [2.75, 3.05) is 5.75 Å². The molecule has 27 heavy (non-hydrogen) atoms. The zero-order valence-corrected chi connectivity index (χ0v) is 16.1. The van der Waals surface area contributed by atoms with E-state index in [0.29, 0.717) is 0 Å². The van der Waals surface area contributed by atoms with Crippen LogP contribution in [0.5, 0.6) is 0 Å². The van der Waals surface area contributed by atoms with Gasteiger partial charge in [0.1, 0.15) is 9.71 Å². The summed E-state index contributed by atoms with van der Waals surface area (Å²) in [7, 11) is -2.27. The highest BCUT2D eigenvalue weighted by molar-refractivity contribution is 7.91. The van der Waals surface area contributed by atoms with Gasteiger partial charge < -0.3 is 5.11 Å². The average molecular weight is 408 g/mol. The van der Waals surface area contributed by atoms with E-state index in [1.165, 1.54) is 25.2 Å². The Morgan fingerprint density at radius 2 is 1.81 bits per heavy atom. The van der Waals surface area contributed by atoms with E-state index in [1.807, 2.05) is 6.92 Å². The van der Waals surface area contributed by atoms with Crippen molar-refractivity contribution in [2.45, 2.75) is 18.4 Å². The summed E-state index contributed by atoms with van der Waals surface area (Å²) in [5, 5.41) is 9.17. The molecule has 0 spiro atoms. The predicted molar refractivity (Wildman–Crippen MR) is 102 cm³/mol. The minimum atomic E-state index is -3.68. The molecule has 142 valence electrons. The molecule has 10 heteroatoms. The van der Waals surface area contributed by atoms with Crippen LogP contribution in [0.2, 0.25) is 0 Å². The third-order valence-electron chi connectivity index (χ3n) is 4.19. The molecule has 0 aliphatic rings. The van der Waals surface area contributed by atoms with Crippen molar-refractivity contribution in [3.05, 3.63) is 61.6 Å². The lowest BCUT2D eigenvalue weighted by Crippen LogP contribution is -2.40. The first-order valence-electron chi connectivity index (χ1n) is 7.88. The highest BCUT2D eigenvalue weighted by Crippen LogP contribution is 2.21. The second-order valence-corrected chi connectivity index (χ2v) is 9.20. The topological polar surface area (TPSA) is 115 Å². The standard InChI is InChI=1S/C17H16N2O6S2/c1-10-3-5-11(6-4-10)27(24,25)8-7-19-14(20)12-9-13(16(21)22)26-15(12)18(2)17(19)23/h3-6,9H,7-8H2,1-2H3,(H,21,22). The van der Waals surface area contributed by atoms with Crippen LogP contribution < -0.4 is 11.2 Å². The average Bonchev–Trinajstić information content (AvgIpc) is 3.06. The monoisotopic (exact) mass is 408 g/mol. The van der Waals surface area contributed by atoms with Crippen molar-refractivity contribution in [2.24, 2.45) is 7.05 Å². The van der Waals surface area contributed by atoms with Gasteiger partial charge in [-0.1, -0.05) is 17.7 Å². The molecule has 0 atom stereocenters. The van der Waals surface area contributed by atoms with Crippen LogP contribution in [0.15, 0.2) is 44.8 Å². The smallest absolute Gasteiger partial charge is 0.345 e. The summed E-state index contributed by atoms with van der Waals surface area (Å²) in [6.07, 6.45) is 0. The van der Waals surface area contributed by atoms with Gasteiger partial charge in [0.15, 0.2) is 9.84 Å². The zero-order chi connectivity index (χ0) is 19.9. The first-order chi connectivity index (χ1) is 12.6. The number of aryl methyl sites for hydroxylation is 2. The van der Waals surface area contributed by atoms with Crippen LogP contribution in [0.1, 0.15) is 15.2 Å². The molecule has 0 aliphatic carbocycles. The minimum Gasteiger partial charge on any atom is -0.477 e. The van der Waals surface area contributed by atoms with Gasteiger partial charge in [0.25, 0.3) is 5.56 Å². The van der Waals surface area contributed by atoms with Crippen molar-refractivity contribution in [3.8, 4) is 0 Å². The summed E-state index contributed by atoms with van der Waals surface area (Å²) in [6.45, 7) is 1.51. The predicted octanol–water partition coefficient (Wildman–Crippen LogP) is 1.24. The molecule has 1 aromatic carbocycles. The number of aromatic carboxylic acids is 1. The minimum absolute atomic E-state index is 0.0675. The van der Waals surface area contributed by atoms with Crippen LogP contribution in [-0.4, -0.2) is 34.4 Å². The number of aromatic nitrogens is 2. The first-order valence-corrected chi connectivity index (χ1v) is 10.3. The number of hydrogen-bond donors (Lipinski definition) is 1. The number of rotatable bonds is 5. The number of thiophene rings is 1. The second kappa shape index (κ2) is 6.78. The molecule has 3 rings (SSSR count). The van der Waals surface area contributed by atoms with Crippen LogP contribution in [0.4, 0.5) is 0 Å². The largest absolute Gasteiger partial charge is 0.477 e. The molecule has 0 amide bonds. The summed E-state index contributed by atoms with van der Waals surface area (Å²) >= 11 is 0.823. The summed E-state index contributed by atoms with van der Waals surface area (Å²) in [6, 6.07) is 7.50. The van der Waals surface area contributed by atoms with E-state index in [0.717, 1.165) is 26.0 Å². The fourth-order valence-electron chi connectivity index (χ4n) is 2.66. The third kappa shape index (κ3) is 3.45. The SMILES string of the molecule is Cc1ccc(S(=O)(=O)CCn2c(=O)c3cc(C(=O)O)sc3n(C)c2=O)cc1. The number of hydrogen-bond acceptors (Lipinski definition) is 6. The number of nitrogens with zero attached hydrogens (tertiary/aromatic N) is 2. The maximum atomic E-state index is 12.6. The van der Waals surface area contributed by atoms with Crippen LogP contribution in [0.25, 0.3) is 10.2 Å². The van der Waals surface area contributed by atoms with Gasteiger partial charge in [-0.2, -0.15) is 0 Å². The maximum absolute atomic E-state index is 12.6. The number of sulfone groups is 1. The first kappa shape index (κ1) is 19.1. The molecule has 0 unspecified atom stereocenters. The van der Waals surface area contributed by atoms with Crippen molar-refractivity contribution in [1.29, 1.82) is 0 Å². The molecule has 3 aromatic rings. The third-order valence-corrected chi connectivity index (χ3v) is 7.09. The molecule has 0 radical (unpaired) electrons. The Labute approximate surface area is 157 Å². The molecule has 0 bridgehead atoms. The fourth-order valence-corrected chi connectivity index (χ4v) is 4.81. The maximum Gasteiger partial charge on any atom is 0.345 e. The Morgan fingerprint density at radius 3 is 2.41 bits per heavy atom. The summed E-state index contributed by atoms with van der Waals surface area (Å²) < 4.78 is 26.9. The lowest BCUT2D eigenvalue weighted by molar-refractivity contribution is 0.0702. The Hall–Kier alpha value is -2.72. The summed E-state index contributed by atoms with van der Waals surface area (Å²) in [5.74, 6) is -1.62. The summed E-state index contributed by atoms with van der Waals surface area (Å²) in [5.41, 5.74) is -0.475. The van der Waals surface area contributed by atoms with Gasteiger partial charge in [-0.15, -0.1) is 11.3 Å². The molecule has 0 fully saturated rings. The zero-order valence-electron chi connectivity index (χ0n) is 14.5.